The molecule has 63 heavy (non-hydrogen) atoms. The van der Waals surface area contributed by atoms with Crippen LogP contribution in [0.1, 0.15) is 109 Å². The lowest BCUT2D eigenvalue weighted by Crippen LogP contribution is -2.49. The number of methoxy groups -OCH3 is 1. The van der Waals surface area contributed by atoms with Crippen LogP contribution in [0.5, 0.6) is 5.75 Å². The van der Waals surface area contributed by atoms with E-state index in [1.54, 1.807) is 103 Å². The third kappa shape index (κ3) is 19.6. The number of hydrogen-bond donors (Lipinski definition) is 2. The molecular weight excluding hydrogens is 805 g/mol. The second kappa shape index (κ2) is 24.4. The maximum Gasteiger partial charge on any atom is 0.408 e. The summed E-state index contributed by atoms with van der Waals surface area (Å²) in [6, 6.07) is 22.1. The van der Waals surface area contributed by atoms with Gasteiger partial charge in [0.05, 0.1) is 13.5 Å². The lowest BCUT2D eigenvalue weighted by molar-refractivity contribution is -0.173. The quantitative estimate of drug-likeness (QED) is 0.0456. The summed E-state index contributed by atoms with van der Waals surface area (Å²) in [6.45, 7) is 15.9. The van der Waals surface area contributed by atoms with E-state index in [9.17, 15) is 28.8 Å². The van der Waals surface area contributed by atoms with Gasteiger partial charge in [0.1, 0.15) is 29.1 Å². The van der Waals surface area contributed by atoms with Crippen molar-refractivity contribution in [2.45, 2.75) is 117 Å². The smallest absolute Gasteiger partial charge is 0.408 e. The van der Waals surface area contributed by atoms with E-state index >= 15 is 0 Å². The summed E-state index contributed by atoms with van der Waals surface area (Å²) in [4.78, 5) is 78.4. The van der Waals surface area contributed by atoms with Crippen LogP contribution in [0, 0.1) is 11.8 Å². The first-order chi connectivity index (χ1) is 29.6. The molecule has 2 N–H and O–H groups in total. The van der Waals surface area contributed by atoms with E-state index in [0.717, 1.165) is 11.1 Å². The predicted octanol–water partition coefficient (Wildman–Crippen LogP) is 8.38. The molecule has 2 amide bonds. The lowest BCUT2D eigenvalue weighted by Gasteiger charge is -2.25. The molecule has 0 bridgehead atoms. The number of esters is 3. The van der Waals surface area contributed by atoms with Crippen molar-refractivity contribution >= 4 is 41.8 Å². The van der Waals surface area contributed by atoms with Gasteiger partial charge >= 0.3 is 24.0 Å². The van der Waals surface area contributed by atoms with Crippen LogP contribution in [0.4, 0.5) is 4.79 Å². The van der Waals surface area contributed by atoms with Gasteiger partial charge in [0, 0.05) is 42.5 Å². The van der Waals surface area contributed by atoms with E-state index in [-0.39, 0.29) is 49.8 Å². The van der Waals surface area contributed by atoms with E-state index in [4.69, 9.17) is 23.7 Å². The fourth-order valence-corrected chi connectivity index (χ4v) is 6.02. The minimum absolute atomic E-state index is 0.0627. The molecule has 3 aromatic carbocycles. The van der Waals surface area contributed by atoms with Gasteiger partial charge in [-0.25, -0.2) is 14.4 Å². The number of alkyl carbamates (subject to hydrolysis) is 1. The van der Waals surface area contributed by atoms with Crippen LogP contribution in [0.2, 0.25) is 0 Å². The van der Waals surface area contributed by atoms with E-state index in [0.29, 0.717) is 16.9 Å². The second-order valence-corrected chi connectivity index (χ2v) is 17.6. The Hall–Kier alpha value is -6.24. The predicted molar refractivity (Wildman–Crippen MR) is 241 cm³/mol. The average molecular weight is 869 g/mol. The highest BCUT2D eigenvalue weighted by molar-refractivity contribution is 6.09. The molecule has 0 saturated carbocycles. The van der Waals surface area contributed by atoms with Gasteiger partial charge in [-0.2, -0.15) is 0 Å². The monoisotopic (exact) mass is 868 g/mol. The third-order valence-electron chi connectivity index (χ3n) is 9.14. The summed E-state index contributed by atoms with van der Waals surface area (Å²) in [5.74, 6) is -2.51. The molecule has 0 spiro atoms. The van der Waals surface area contributed by atoms with Crippen LogP contribution in [-0.4, -0.2) is 78.8 Å². The van der Waals surface area contributed by atoms with Crippen LogP contribution in [0.25, 0.3) is 6.08 Å². The zero-order valence-electron chi connectivity index (χ0n) is 38.2. The van der Waals surface area contributed by atoms with Gasteiger partial charge in [0.15, 0.2) is 11.9 Å². The van der Waals surface area contributed by atoms with Gasteiger partial charge in [-0.3, -0.25) is 14.4 Å². The van der Waals surface area contributed by atoms with Gasteiger partial charge in [-0.05, 0) is 77.1 Å². The zero-order chi connectivity index (χ0) is 46.7. The van der Waals surface area contributed by atoms with Gasteiger partial charge in [0.2, 0.25) is 5.91 Å². The fourth-order valence-electron chi connectivity index (χ4n) is 6.02. The van der Waals surface area contributed by atoms with Crippen molar-refractivity contribution in [3.8, 4) is 5.75 Å². The van der Waals surface area contributed by atoms with Crippen molar-refractivity contribution in [3.05, 3.63) is 119 Å². The SMILES string of the molecule is COc1ccc(C[C@@H](NC(=O)OC(C)(C)C)C(=O)NCCC(=O)O[C@@H](CC(C)C)C(=O)O[C@@H](C/C=C/C(=O)OC(C)(C)C)[C@H](C)/C=C/c2ccc(C(=O)c3ccccc3)cc2)cc1. The molecule has 3 aromatic rings. The van der Waals surface area contributed by atoms with Crippen molar-refractivity contribution in [1.82, 2.24) is 10.6 Å². The number of ketones is 1. The molecular formula is C50H64N2O11. The van der Waals surface area contributed by atoms with Crippen LogP contribution in [0.15, 0.2) is 97.1 Å². The van der Waals surface area contributed by atoms with Crippen molar-refractivity contribution in [2.24, 2.45) is 11.8 Å². The Bertz CT molecular complexity index is 2030. The molecule has 0 aliphatic heterocycles. The van der Waals surface area contributed by atoms with E-state index in [1.165, 1.54) is 6.08 Å². The van der Waals surface area contributed by atoms with Gasteiger partial charge in [0.25, 0.3) is 0 Å². The number of nitrogens with one attached hydrogen (secondary N) is 2. The molecule has 0 saturated heterocycles. The largest absolute Gasteiger partial charge is 0.497 e. The minimum atomic E-state index is -1.26. The highest BCUT2D eigenvalue weighted by Crippen LogP contribution is 2.21. The van der Waals surface area contributed by atoms with Crippen molar-refractivity contribution < 1.29 is 52.5 Å². The Labute approximate surface area is 371 Å². The Morgan fingerprint density at radius 2 is 1.37 bits per heavy atom. The molecule has 0 fully saturated rings. The summed E-state index contributed by atoms with van der Waals surface area (Å²) in [6.07, 6.45) is 3.93. The standard InChI is InChI=1S/C50H64N2O11/c1-33(2)31-42(60-43(53)29-30-51-46(56)40(52-48(58)63-50(7,8)9)32-36-23-27-39(59-10)28-24-36)47(57)61-41(17-14-18-44(54)62-49(4,5)6)34(3)19-20-35-21-25-38(26-22-35)45(55)37-15-12-11-13-16-37/h11-16,18-28,33-34,40-42H,17,29-32H2,1-10H3,(H,51,56)(H,52,58)/b18-14+,20-19+/t34-,40-,41+,42+/m1/s1. The van der Waals surface area contributed by atoms with Crippen molar-refractivity contribution in [1.29, 1.82) is 0 Å². The molecule has 13 heteroatoms. The molecule has 0 aromatic heterocycles. The Kier molecular flexibility index (Phi) is 19.8. The number of amides is 2. The third-order valence-corrected chi connectivity index (χ3v) is 9.14. The number of hydrogen-bond acceptors (Lipinski definition) is 11. The maximum atomic E-state index is 13.8. The molecule has 340 valence electrons. The van der Waals surface area contributed by atoms with Crippen LogP contribution in [0.3, 0.4) is 0 Å². The molecule has 0 unspecified atom stereocenters. The summed E-state index contributed by atoms with van der Waals surface area (Å²) >= 11 is 0. The minimum Gasteiger partial charge on any atom is -0.497 e. The van der Waals surface area contributed by atoms with E-state index in [1.807, 2.05) is 63.3 Å². The molecule has 4 atom stereocenters. The molecule has 13 nitrogen and oxygen atoms in total. The van der Waals surface area contributed by atoms with Crippen molar-refractivity contribution in [3.63, 3.8) is 0 Å². The van der Waals surface area contributed by atoms with Crippen LogP contribution in [-0.2, 0) is 44.5 Å². The van der Waals surface area contributed by atoms with Gasteiger partial charge in [-0.1, -0.05) is 106 Å². The Balaban J connectivity index is 1.71. The highest BCUT2D eigenvalue weighted by atomic mass is 16.6. The molecule has 0 radical (unpaired) electrons. The summed E-state index contributed by atoms with van der Waals surface area (Å²) in [5, 5.41) is 5.30. The maximum absolute atomic E-state index is 13.8. The zero-order valence-corrected chi connectivity index (χ0v) is 38.2. The molecule has 0 aliphatic rings. The topological polar surface area (TPSA) is 173 Å². The van der Waals surface area contributed by atoms with E-state index < -0.39 is 59.4 Å². The van der Waals surface area contributed by atoms with Gasteiger partial charge in [-0.15, -0.1) is 0 Å². The number of rotatable bonds is 21. The molecule has 3 rings (SSSR count). The van der Waals surface area contributed by atoms with Crippen LogP contribution >= 0.6 is 0 Å². The van der Waals surface area contributed by atoms with E-state index in [2.05, 4.69) is 10.6 Å². The molecule has 0 heterocycles. The Morgan fingerprint density at radius 3 is 1.95 bits per heavy atom. The van der Waals surface area contributed by atoms with Crippen LogP contribution < -0.4 is 15.4 Å². The summed E-state index contributed by atoms with van der Waals surface area (Å²) in [7, 11) is 1.54. The summed E-state index contributed by atoms with van der Waals surface area (Å²) in [5.41, 5.74) is 1.20. The van der Waals surface area contributed by atoms with Gasteiger partial charge < -0.3 is 34.3 Å². The average Bonchev–Trinajstić information content (AvgIpc) is 3.20. The number of carbonyl (C=O) groups excluding carboxylic acids is 6. The number of carbonyl (C=O) groups is 6. The Morgan fingerprint density at radius 1 is 0.746 bits per heavy atom. The lowest BCUT2D eigenvalue weighted by atomic mass is 9.98. The first-order valence-electron chi connectivity index (χ1n) is 21.2. The fraction of sp³-hybridized carbons (Fsp3) is 0.440. The first-order valence-corrected chi connectivity index (χ1v) is 21.2. The molecule has 0 aliphatic carbocycles. The summed E-state index contributed by atoms with van der Waals surface area (Å²) < 4.78 is 27.7. The highest BCUT2D eigenvalue weighted by Gasteiger charge is 2.30. The second-order valence-electron chi connectivity index (χ2n) is 17.6. The number of benzene rings is 3. The normalized spacial score (nSPS) is 13.7. The first kappa shape index (κ1) is 51.1. The van der Waals surface area contributed by atoms with Crippen molar-refractivity contribution in [2.75, 3.05) is 13.7 Å². The number of ether oxygens (including phenoxy) is 5.